The van der Waals surface area contributed by atoms with Gasteiger partial charge in [-0.05, 0) is 38.5 Å². The first-order chi connectivity index (χ1) is 7.93. The molecule has 1 unspecified atom stereocenters. The molecule has 1 rings (SSSR count). The normalized spacial score (nSPS) is 20.6. The highest BCUT2D eigenvalue weighted by Crippen LogP contribution is 2.14. The van der Waals surface area contributed by atoms with Gasteiger partial charge >= 0.3 is 0 Å². The van der Waals surface area contributed by atoms with E-state index in [0.29, 0.717) is 6.61 Å². The Morgan fingerprint density at radius 3 is 2.81 bits per heavy atom. The predicted octanol–water partition coefficient (Wildman–Crippen LogP) is 2.35. The molecule has 1 saturated heterocycles. The fourth-order valence-electron chi connectivity index (χ4n) is 1.67. The predicted molar refractivity (Wildman–Crippen MR) is 63.0 cm³/mol. The molecule has 1 heterocycles. The van der Waals surface area contributed by atoms with E-state index in [1.807, 2.05) is 0 Å². The summed E-state index contributed by atoms with van der Waals surface area (Å²) < 4.78 is 16.3. The van der Waals surface area contributed by atoms with Crippen LogP contribution in [-0.4, -0.2) is 32.7 Å². The molecule has 92 valence electrons. The Bertz CT molecular complexity index is 192. The summed E-state index contributed by atoms with van der Waals surface area (Å²) in [6, 6.07) is 0. The largest absolute Gasteiger partial charge is 0.369 e. The summed E-state index contributed by atoms with van der Waals surface area (Å²) in [5.74, 6) is 2.45. The van der Waals surface area contributed by atoms with E-state index < -0.39 is 0 Å². The van der Waals surface area contributed by atoms with Crippen LogP contribution in [0.1, 0.15) is 38.5 Å². The van der Waals surface area contributed by atoms with Crippen molar-refractivity contribution < 1.29 is 14.2 Å². The van der Waals surface area contributed by atoms with E-state index in [2.05, 4.69) is 5.92 Å². The molecule has 1 aliphatic heterocycles. The molecule has 3 heteroatoms. The van der Waals surface area contributed by atoms with Crippen LogP contribution in [-0.2, 0) is 14.2 Å². The van der Waals surface area contributed by atoms with Crippen LogP contribution in [0, 0.1) is 12.3 Å². The van der Waals surface area contributed by atoms with Crippen LogP contribution in [0.25, 0.3) is 0 Å². The van der Waals surface area contributed by atoms with E-state index in [0.717, 1.165) is 45.5 Å². The highest BCUT2D eigenvalue weighted by molar-refractivity contribution is 4.82. The monoisotopic (exact) mass is 226 g/mol. The van der Waals surface area contributed by atoms with Crippen molar-refractivity contribution in [2.75, 3.05) is 26.4 Å². The second kappa shape index (κ2) is 9.65. The third-order valence-corrected chi connectivity index (χ3v) is 2.56. The molecule has 0 amide bonds. The Morgan fingerprint density at radius 2 is 2.06 bits per heavy atom. The summed E-state index contributed by atoms with van der Waals surface area (Å²) >= 11 is 0. The maximum absolute atomic E-state index is 5.62. The van der Waals surface area contributed by atoms with Gasteiger partial charge in [0.15, 0.2) is 6.29 Å². The smallest absolute Gasteiger partial charge is 0.157 e. The van der Waals surface area contributed by atoms with Crippen molar-refractivity contribution in [3.05, 3.63) is 0 Å². The fraction of sp³-hybridized carbons (Fsp3) is 0.846. The Hall–Kier alpha value is -0.560. The second-order valence-electron chi connectivity index (χ2n) is 3.98. The average Bonchev–Trinajstić information content (AvgIpc) is 2.34. The van der Waals surface area contributed by atoms with Crippen LogP contribution in [0.15, 0.2) is 0 Å². The average molecular weight is 226 g/mol. The van der Waals surface area contributed by atoms with Crippen molar-refractivity contribution >= 4 is 0 Å². The highest BCUT2D eigenvalue weighted by atomic mass is 16.7. The minimum Gasteiger partial charge on any atom is -0.369 e. The van der Waals surface area contributed by atoms with Gasteiger partial charge in [-0.15, -0.1) is 6.42 Å². The third kappa shape index (κ3) is 6.84. The lowest BCUT2D eigenvalue weighted by Gasteiger charge is -2.22. The zero-order chi connectivity index (χ0) is 11.5. The van der Waals surface area contributed by atoms with Crippen molar-refractivity contribution in [1.82, 2.24) is 0 Å². The third-order valence-electron chi connectivity index (χ3n) is 2.56. The van der Waals surface area contributed by atoms with Crippen molar-refractivity contribution in [2.45, 2.75) is 44.8 Å². The van der Waals surface area contributed by atoms with Gasteiger partial charge < -0.3 is 14.2 Å². The molecule has 0 aliphatic carbocycles. The highest BCUT2D eigenvalue weighted by Gasteiger charge is 2.12. The lowest BCUT2D eigenvalue weighted by Crippen LogP contribution is -2.22. The minimum absolute atomic E-state index is 0.0476. The first-order valence-corrected chi connectivity index (χ1v) is 6.18. The Balaban J connectivity index is 1.79. The minimum atomic E-state index is 0.0476. The Morgan fingerprint density at radius 1 is 1.19 bits per heavy atom. The number of terminal acetylenes is 1. The topological polar surface area (TPSA) is 27.7 Å². The molecular formula is C13H22O3. The first kappa shape index (κ1) is 13.5. The standard InChI is InChI=1S/C13H22O3/c1-2-9-14-10-5-3-6-11-15-13-8-4-7-12-16-13/h1,13H,3-12H2. The molecule has 0 spiro atoms. The summed E-state index contributed by atoms with van der Waals surface area (Å²) in [6.45, 7) is 2.82. The molecule has 3 nitrogen and oxygen atoms in total. The number of unbranched alkanes of at least 4 members (excludes halogenated alkanes) is 2. The van der Waals surface area contributed by atoms with Gasteiger partial charge in [-0.3, -0.25) is 0 Å². The van der Waals surface area contributed by atoms with Gasteiger partial charge in [0.05, 0.1) is 0 Å². The van der Waals surface area contributed by atoms with Gasteiger partial charge in [-0.25, -0.2) is 0 Å². The van der Waals surface area contributed by atoms with Crippen molar-refractivity contribution in [3.63, 3.8) is 0 Å². The van der Waals surface area contributed by atoms with Crippen molar-refractivity contribution in [3.8, 4) is 12.3 Å². The molecule has 0 aromatic rings. The fourth-order valence-corrected chi connectivity index (χ4v) is 1.67. The van der Waals surface area contributed by atoms with E-state index in [1.165, 1.54) is 12.8 Å². The van der Waals surface area contributed by atoms with Crippen LogP contribution in [0.4, 0.5) is 0 Å². The van der Waals surface area contributed by atoms with Crippen LogP contribution in [0.2, 0.25) is 0 Å². The summed E-state index contributed by atoms with van der Waals surface area (Å²) in [6.07, 6.45) is 11.8. The molecule has 0 aromatic heterocycles. The van der Waals surface area contributed by atoms with Crippen LogP contribution in [0.5, 0.6) is 0 Å². The van der Waals surface area contributed by atoms with Crippen LogP contribution >= 0.6 is 0 Å². The molecule has 0 bridgehead atoms. The molecule has 0 N–H and O–H groups in total. The molecular weight excluding hydrogens is 204 g/mol. The molecule has 0 radical (unpaired) electrons. The maximum atomic E-state index is 5.62. The van der Waals surface area contributed by atoms with E-state index in [-0.39, 0.29) is 6.29 Å². The summed E-state index contributed by atoms with van der Waals surface area (Å²) in [4.78, 5) is 0. The molecule has 1 fully saturated rings. The zero-order valence-corrected chi connectivity index (χ0v) is 9.95. The first-order valence-electron chi connectivity index (χ1n) is 6.18. The number of hydrogen-bond acceptors (Lipinski definition) is 3. The second-order valence-corrected chi connectivity index (χ2v) is 3.98. The van der Waals surface area contributed by atoms with E-state index >= 15 is 0 Å². The molecule has 16 heavy (non-hydrogen) atoms. The lowest BCUT2D eigenvalue weighted by atomic mass is 10.2. The van der Waals surface area contributed by atoms with Gasteiger partial charge in [-0.2, -0.15) is 0 Å². The summed E-state index contributed by atoms with van der Waals surface area (Å²) in [5.41, 5.74) is 0. The van der Waals surface area contributed by atoms with Gasteiger partial charge in [0.1, 0.15) is 6.61 Å². The van der Waals surface area contributed by atoms with Gasteiger partial charge in [0.25, 0.3) is 0 Å². The molecule has 0 aromatic carbocycles. The lowest BCUT2D eigenvalue weighted by molar-refractivity contribution is -0.162. The molecule has 0 saturated carbocycles. The van der Waals surface area contributed by atoms with Crippen molar-refractivity contribution in [1.29, 1.82) is 0 Å². The van der Waals surface area contributed by atoms with Gasteiger partial charge in [-0.1, -0.05) is 5.92 Å². The Labute approximate surface area is 98.5 Å². The summed E-state index contributed by atoms with van der Waals surface area (Å²) in [7, 11) is 0. The molecule has 1 atom stereocenters. The van der Waals surface area contributed by atoms with E-state index in [1.54, 1.807) is 0 Å². The van der Waals surface area contributed by atoms with Crippen molar-refractivity contribution in [2.24, 2.45) is 0 Å². The summed E-state index contributed by atoms with van der Waals surface area (Å²) in [5, 5.41) is 0. The van der Waals surface area contributed by atoms with Crippen LogP contribution < -0.4 is 0 Å². The van der Waals surface area contributed by atoms with E-state index in [9.17, 15) is 0 Å². The van der Waals surface area contributed by atoms with Crippen LogP contribution in [0.3, 0.4) is 0 Å². The maximum Gasteiger partial charge on any atom is 0.157 e. The molecule has 1 aliphatic rings. The quantitative estimate of drug-likeness (QED) is 0.469. The SMILES string of the molecule is C#CCOCCCCCOC1CCCCO1. The van der Waals surface area contributed by atoms with Gasteiger partial charge in [0.2, 0.25) is 0 Å². The van der Waals surface area contributed by atoms with Gasteiger partial charge in [0, 0.05) is 19.8 Å². The zero-order valence-electron chi connectivity index (χ0n) is 9.95. The number of ether oxygens (including phenoxy) is 3. The Kier molecular flexibility index (Phi) is 8.15. The number of rotatable bonds is 8. The van der Waals surface area contributed by atoms with E-state index in [4.69, 9.17) is 20.6 Å². The number of hydrogen-bond donors (Lipinski definition) is 0.